The van der Waals surface area contributed by atoms with Crippen LogP contribution in [0.4, 0.5) is 13.2 Å². The van der Waals surface area contributed by atoms with Gasteiger partial charge in [0.1, 0.15) is 5.75 Å². The fraction of sp³-hybridized carbons (Fsp3) is 0.462. The Balaban J connectivity index is 2.57. The molecule has 0 atom stereocenters. The van der Waals surface area contributed by atoms with Gasteiger partial charge in [-0.2, -0.15) is 13.2 Å². The number of ether oxygens (including phenoxy) is 2. The molecule has 0 spiro atoms. The second-order valence-electron chi connectivity index (χ2n) is 4.29. The van der Waals surface area contributed by atoms with Gasteiger partial charge in [0.05, 0.1) is 19.3 Å². The van der Waals surface area contributed by atoms with Crippen LogP contribution in [0.25, 0.3) is 0 Å². The lowest BCUT2D eigenvalue weighted by Gasteiger charge is -2.10. The number of nitrogens with zero attached hydrogens (tertiary/aromatic N) is 1. The highest BCUT2D eigenvalue weighted by Gasteiger charge is 2.25. The highest BCUT2D eigenvalue weighted by Crippen LogP contribution is 2.22. The van der Waals surface area contributed by atoms with Crippen LogP contribution in [0.2, 0.25) is 0 Å². The molecule has 1 aromatic rings. The summed E-state index contributed by atoms with van der Waals surface area (Å²) in [5, 5.41) is 11.6. The van der Waals surface area contributed by atoms with Crippen LogP contribution in [-0.2, 0) is 11.3 Å². The van der Waals surface area contributed by atoms with E-state index < -0.39 is 12.6 Å². The first kappa shape index (κ1) is 17.1. The predicted molar refractivity (Wildman–Crippen MR) is 70.4 cm³/mol. The van der Waals surface area contributed by atoms with Gasteiger partial charge in [-0.3, -0.25) is 0 Å². The van der Waals surface area contributed by atoms with E-state index in [1.807, 2.05) is 0 Å². The van der Waals surface area contributed by atoms with E-state index in [2.05, 4.69) is 5.16 Å². The Morgan fingerprint density at radius 1 is 1.38 bits per heavy atom. The number of alkyl halides is 3. The third-order valence-electron chi connectivity index (χ3n) is 2.67. The summed E-state index contributed by atoms with van der Waals surface area (Å²) in [4.78, 5) is 0. The third kappa shape index (κ3) is 5.90. The molecule has 0 aliphatic rings. The van der Waals surface area contributed by atoms with Crippen LogP contribution in [-0.4, -0.2) is 30.9 Å². The smallest absolute Gasteiger partial charge is 0.389 e. The maximum Gasteiger partial charge on any atom is 0.389 e. The van der Waals surface area contributed by atoms with Crippen LogP contribution in [0.3, 0.4) is 0 Å². The van der Waals surface area contributed by atoms with Gasteiger partial charge in [0.15, 0.2) is 5.84 Å². The number of hydrogen-bond donors (Lipinski definition) is 2. The van der Waals surface area contributed by atoms with Gasteiger partial charge in [-0.1, -0.05) is 11.2 Å². The normalized spacial score (nSPS) is 12.5. The van der Waals surface area contributed by atoms with Crippen LogP contribution in [0.1, 0.15) is 24.0 Å². The molecule has 0 bridgehead atoms. The summed E-state index contributed by atoms with van der Waals surface area (Å²) < 4.78 is 46.1. The molecule has 118 valence electrons. The van der Waals surface area contributed by atoms with Crippen molar-refractivity contribution in [3.05, 3.63) is 29.3 Å². The van der Waals surface area contributed by atoms with E-state index in [1.54, 1.807) is 18.2 Å². The Morgan fingerprint density at radius 3 is 2.67 bits per heavy atom. The van der Waals surface area contributed by atoms with Crippen LogP contribution in [0.5, 0.6) is 5.75 Å². The minimum absolute atomic E-state index is 0.00441. The Bertz CT molecular complexity index is 490. The van der Waals surface area contributed by atoms with E-state index in [0.717, 1.165) is 0 Å². The first-order valence-corrected chi connectivity index (χ1v) is 6.16. The second kappa shape index (κ2) is 7.72. The van der Waals surface area contributed by atoms with Crippen molar-refractivity contribution >= 4 is 5.84 Å². The molecule has 21 heavy (non-hydrogen) atoms. The summed E-state index contributed by atoms with van der Waals surface area (Å²) in [7, 11) is 1.44. The Hall–Kier alpha value is -1.96. The topological polar surface area (TPSA) is 77.1 Å². The van der Waals surface area contributed by atoms with Crippen LogP contribution < -0.4 is 10.5 Å². The average molecular weight is 306 g/mol. The quantitative estimate of drug-likeness (QED) is 0.267. The minimum atomic E-state index is -4.16. The fourth-order valence-corrected chi connectivity index (χ4v) is 1.66. The molecule has 1 aromatic carbocycles. The maximum atomic E-state index is 11.9. The van der Waals surface area contributed by atoms with E-state index in [-0.39, 0.29) is 25.5 Å². The predicted octanol–water partition coefficient (Wildman–Crippen LogP) is 2.65. The van der Waals surface area contributed by atoms with Crippen molar-refractivity contribution in [2.75, 3.05) is 13.7 Å². The van der Waals surface area contributed by atoms with Gasteiger partial charge in [0.25, 0.3) is 0 Å². The van der Waals surface area contributed by atoms with Crippen molar-refractivity contribution < 1.29 is 27.9 Å². The molecule has 0 aliphatic carbocycles. The lowest BCUT2D eigenvalue weighted by atomic mass is 10.1. The third-order valence-corrected chi connectivity index (χ3v) is 2.67. The molecule has 0 aliphatic heterocycles. The second-order valence-corrected chi connectivity index (χ2v) is 4.29. The molecular formula is C13H17F3N2O3. The number of halogens is 3. The van der Waals surface area contributed by atoms with Crippen molar-refractivity contribution in [1.82, 2.24) is 0 Å². The SMILES string of the molecule is COc1ccc(COCCCC(F)(F)F)cc1/C(N)=N/O. The van der Waals surface area contributed by atoms with Crippen molar-refractivity contribution in [3.8, 4) is 5.75 Å². The van der Waals surface area contributed by atoms with Crippen LogP contribution in [0, 0.1) is 0 Å². The summed E-state index contributed by atoms with van der Waals surface area (Å²) in [5.74, 6) is 0.303. The monoisotopic (exact) mass is 306 g/mol. The van der Waals surface area contributed by atoms with Crippen molar-refractivity contribution in [2.24, 2.45) is 10.9 Å². The fourth-order valence-electron chi connectivity index (χ4n) is 1.66. The lowest BCUT2D eigenvalue weighted by molar-refractivity contribution is -0.138. The molecule has 0 fully saturated rings. The van der Waals surface area contributed by atoms with Gasteiger partial charge in [0, 0.05) is 13.0 Å². The summed E-state index contributed by atoms with van der Waals surface area (Å²) in [6, 6.07) is 4.90. The Kier molecular flexibility index (Phi) is 6.29. The highest BCUT2D eigenvalue weighted by molar-refractivity contribution is 5.99. The molecule has 8 heteroatoms. The number of oxime groups is 1. The van der Waals surface area contributed by atoms with Gasteiger partial charge in [-0.05, 0) is 24.1 Å². The maximum absolute atomic E-state index is 11.9. The van der Waals surface area contributed by atoms with Gasteiger partial charge >= 0.3 is 6.18 Å². The van der Waals surface area contributed by atoms with Crippen molar-refractivity contribution in [1.29, 1.82) is 0 Å². The number of amidine groups is 1. The summed E-state index contributed by atoms with van der Waals surface area (Å²) >= 11 is 0. The van der Waals surface area contributed by atoms with Crippen molar-refractivity contribution in [3.63, 3.8) is 0 Å². The van der Waals surface area contributed by atoms with E-state index in [1.165, 1.54) is 7.11 Å². The van der Waals surface area contributed by atoms with E-state index >= 15 is 0 Å². The number of rotatable bonds is 7. The molecule has 1 rings (SSSR count). The number of hydrogen-bond acceptors (Lipinski definition) is 4. The highest BCUT2D eigenvalue weighted by atomic mass is 19.4. The summed E-state index contributed by atoms with van der Waals surface area (Å²) in [6.45, 7) is 0.137. The summed E-state index contributed by atoms with van der Waals surface area (Å²) in [6.07, 6.45) is -5.12. The van der Waals surface area contributed by atoms with Crippen LogP contribution in [0.15, 0.2) is 23.4 Å². The van der Waals surface area contributed by atoms with E-state index in [0.29, 0.717) is 16.9 Å². The van der Waals surface area contributed by atoms with Crippen molar-refractivity contribution in [2.45, 2.75) is 25.6 Å². The zero-order valence-corrected chi connectivity index (χ0v) is 11.5. The molecule has 0 radical (unpaired) electrons. The Labute approximate surface area is 120 Å². The van der Waals surface area contributed by atoms with Gasteiger partial charge in [-0.15, -0.1) is 0 Å². The molecular weight excluding hydrogens is 289 g/mol. The average Bonchev–Trinajstić information content (AvgIpc) is 2.44. The first-order chi connectivity index (χ1) is 9.87. The summed E-state index contributed by atoms with van der Waals surface area (Å²) in [5.41, 5.74) is 6.59. The zero-order chi connectivity index (χ0) is 15.9. The lowest BCUT2D eigenvalue weighted by Crippen LogP contribution is -2.15. The largest absolute Gasteiger partial charge is 0.496 e. The Morgan fingerprint density at radius 2 is 2.10 bits per heavy atom. The molecule has 0 amide bonds. The van der Waals surface area contributed by atoms with E-state index in [9.17, 15) is 13.2 Å². The molecule has 0 aromatic heterocycles. The molecule has 0 unspecified atom stereocenters. The number of methoxy groups -OCH3 is 1. The zero-order valence-electron chi connectivity index (χ0n) is 11.5. The number of nitrogens with two attached hydrogens (primary N) is 1. The standard InChI is InChI=1S/C13H17F3N2O3/c1-20-11-4-3-9(7-10(11)12(17)18-19)8-21-6-2-5-13(14,15)16/h3-4,7,19H,2,5-6,8H2,1H3,(H2,17,18). The van der Waals surface area contributed by atoms with Gasteiger partial charge in [0.2, 0.25) is 0 Å². The minimum Gasteiger partial charge on any atom is -0.496 e. The number of benzene rings is 1. The van der Waals surface area contributed by atoms with E-state index in [4.69, 9.17) is 20.4 Å². The van der Waals surface area contributed by atoms with Crippen LogP contribution >= 0.6 is 0 Å². The molecule has 0 saturated heterocycles. The molecule has 5 nitrogen and oxygen atoms in total. The van der Waals surface area contributed by atoms with Gasteiger partial charge < -0.3 is 20.4 Å². The molecule has 0 saturated carbocycles. The van der Waals surface area contributed by atoms with Gasteiger partial charge in [-0.25, -0.2) is 0 Å². The molecule has 3 N–H and O–H groups in total. The first-order valence-electron chi connectivity index (χ1n) is 6.16. The molecule has 0 heterocycles.